The molecule has 12 atom stereocenters. The van der Waals surface area contributed by atoms with Gasteiger partial charge in [0, 0.05) is 47.2 Å². The molecule has 378 valence electrons. The monoisotopic (exact) mass is 987 g/mol. The average molecular weight is 988 g/mol. The molecule has 1 saturated heterocycles. The van der Waals surface area contributed by atoms with Crippen LogP contribution in [0.15, 0.2) is 79.0 Å². The van der Waals surface area contributed by atoms with Crippen LogP contribution in [0.5, 0.6) is 0 Å². The van der Waals surface area contributed by atoms with Crippen LogP contribution in [0.3, 0.4) is 0 Å². The number of pyridine rings is 1. The first kappa shape index (κ1) is 51.6. The fraction of sp³-hybridized carbons (Fsp3) is 0.480. The van der Waals surface area contributed by atoms with Crippen molar-refractivity contribution in [2.24, 2.45) is 11.3 Å². The fourth-order valence-corrected chi connectivity index (χ4v) is 10.7. The molecule has 2 aliphatic heterocycles. The largest absolute Gasteiger partial charge is 0.465 e. The molecule has 7 rings (SSSR count). The van der Waals surface area contributed by atoms with Crippen LogP contribution < -0.4 is 0 Å². The molecular weight excluding hydrogens is 935 g/mol. The van der Waals surface area contributed by atoms with Gasteiger partial charge in [0.1, 0.15) is 42.0 Å². The van der Waals surface area contributed by atoms with Crippen molar-refractivity contribution < 1.29 is 95.6 Å². The second-order valence-electron chi connectivity index (χ2n) is 18.4. The molecule has 3 heterocycles. The molecule has 1 N–H and O–H groups in total. The van der Waals surface area contributed by atoms with Crippen LogP contribution in [0.2, 0.25) is 0 Å². The lowest BCUT2D eigenvalue weighted by Gasteiger charge is -2.67. The Bertz CT molecular complexity index is 2620. The molecule has 2 aromatic carbocycles. The summed E-state index contributed by atoms with van der Waals surface area (Å²) >= 11 is 0. The summed E-state index contributed by atoms with van der Waals surface area (Å²) in [6.07, 6.45) is -12.5. The smallest absolute Gasteiger partial charge is 0.350 e. The lowest BCUT2D eigenvalue weighted by molar-refractivity contribution is -0.385. The molecule has 3 aromatic rings. The number of esters is 9. The predicted octanol–water partition coefficient (Wildman–Crippen LogP) is 3.14. The van der Waals surface area contributed by atoms with Crippen LogP contribution in [0.25, 0.3) is 0 Å². The molecule has 2 saturated carbocycles. The molecule has 2 aliphatic carbocycles. The van der Waals surface area contributed by atoms with E-state index in [9.17, 15) is 43.5 Å². The number of fused-ring (bicyclic) bond motifs is 5. The Morgan fingerprint density at radius 3 is 1.77 bits per heavy atom. The average Bonchev–Trinajstić information content (AvgIpc) is 3.53. The molecule has 21 heteroatoms. The van der Waals surface area contributed by atoms with Gasteiger partial charge in [0.05, 0.1) is 28.3 Å². The maximum absolute atomic E-state index is 15.1. The topological polar surface area (TPSA) is 279 Å². The van der Waals surface area contributed by atoms with Crippen molar-refractivity contribution in [2.45, 2.75) is 127 Å². The zero-order valence-corrected chi connectivity index (χ0v) is 40.0. The Morgan fingerprint density at radius 2 is 1.23 bits per heavy atom. The van der Waals surface area contributed by atoms with E-state index in [0.29, 0.717) is 0 Å². The van der Waals surface area contributed by atoms with Gasteiger partial charge in [-0.25, -0.2) is 19.2 Å². The first-order valence-corrected chi connectivity index (χ1v) is 22.5. The van der Waals surface area contributed by atoms with E-state index < -0.39 is 144 Å². The third-order valence-corrected chi connectivity index (χ3v) is 13.5. The highest BCUT2D eigenvalue weighted by molar-refractivity contribution is 5.91. The van der Waals surface area contributed by atoms with E-state index in [1.165, 1.54) is 80.7 Å². The second-order valence-corrected chi connectivity index (χ2v) is 18.4. The van der Waals surface area contributed by atoms with Crippen LogP contribution >= 0.6 is 0 Å². The summed E-state index contributed by atoms with van der Waals surface area (Å²) in [4.78, 5) is 130. The van der Waals surface area contributed by atoms with E-state index in [1.807, 2.05) is 0 Å². The Labute approximate surface area is 406 Å². The van der Waals surface area contributed by atoms with Gasteiger partial charge in [-0.1, -0.05) is 36.4 Å². The number of aromatic nitrogens is 1. The summed E-state index contributed by atoms with van der Waals surface area (Å²) < 4.78 is 62.2. The number of ether oxygens (including phenoxy) is 10. The number of aryl methyl sites for hydroxylation is 1. The Morgan fingerprint density at radius 1 is 0.676 bits per heavy atom. The van der Waals surface area contributed by atoms with Crippen molar-refractivity contribution in [3.05, 3.63) is 101 Å². The quantitative estimate of drug-likeness (QED) is 0.226. The van der Waals surface area contributed by atoms with Gasteiger partial charge in [-0.15, -0.1) is 0 Å². The Balaban J connectivity index is 1.66. The van der Waals surface area contributed by atoms with Crippen LogP contribution in [0, 0.1) is 11.3 Å². The van der Waals surface area contributed by atoms with Crippen LogP contribution in [0.4, 0.5) is 0 Å². The summed E-state index contributed by atoms with van der Waals surface area (Å²) in [6, 6.07) is 17.5. The van der Waals surface area contributed by atoms with Crippen LogP contribution in [-0.2, 0) is 82.6 Å². The number of nitrogens with zero attached hydrogens (tertiary/aromatic N) is 1. The van der Waals surface area contributed by atoms with Crippen molar-refractivity contribution >= 4 is 53.7 Å². The number of rotatable bonds is 10. The molecule has 71 heavy (non-hydrogen) atoms. The highest BCUT2D eigenvalue weighted by Crippen LogP contribution is 2.70. The highest BCUT2D eigenvalue weighted by Gasteiger charge is 2.92. The van der Waals surface area contributed by atoms with Gasteiger partial charge < -0.3 is 52.5 Å². The third kappa shape index (κ3) is 9.19. The Kier molecular flexibility index (Phi) is 14.2. The van der Waals surface area contributed by atoms with Crippen molar-refractivity contribution in [3.63, 3.8) is 0 Å². The molecule has 0 radical (unpaired) electrons. The van der Waals surface area contributed by atoms with Crippen LogP contribution in [0.1, 0.15) is 98.6 Å². The zero-order chi connectivity index (χ0) is 51.8. The maximum Gasteiger partial charge on any atom is 0.350 e. The lowest BCUT2D eigenvalue weighted by atomic mass is 9.45. The maximum atomic E-state index is 15.1. The number of carbonyl (C=O) groups is 9. The molecule has 21 nitrogen and oxygen atoms in total. The SMILES string of the molecule is CC(=O)OC[C@@]12[C@H](OC(C)=O)[C@H](OC(C)=O)[C@@H]3[C@@H](OC(=O)c4ccccc4)[C@@]14O[C@@]3(C)COC(=O)c1cccnc1CC[C@](C)(OC(C)=O)C(=O)O[C@@H]([C@H](OC(C)=O)[C@@H]2OC(=O)c1ccccc1)[C@]4(C)O. The molecule has 4 bridgehead atoms. The first-order valence-electron chi connectivity index (χ1n) is 22.5. The summed E-state index contributed by atoms with van der Waals surface area (Å²) in [7, 11) is 0. The number of carbonyl (C=O) groups excluding carboxylic acids is 9. The minimum Gasteiger partial charge on any atom is -0.465 e. The minimum absolute atomic E-state index is 0.0626. The van der Waals surface area contributed by atoms with E-state index in [1.54, 1.807) is 12.1 Å². The standard InChI is InChI=1S/C50H53NO20/c1-26(52)62-25-49-40(66-29(4)55)36(64-27(2)53)35-38(67-42(57)31-16-11-9-12-17-31)50(49)48(8,61)39(37(65-28(3)54)41(49)68-43(58)32-18-13-10-14-19-32)69-45(60)46(6,70-30(5)56)22-21-34-33(20-15-23-51-34)44(59)63-24-47(35,7)71-50/h9-20,23,35-41,61H,21-22,24-25H2,1-8H3/t35-,36-,37+,38-,39+,40-,41+,46+,47+,48+,49+,50+/m1/s1. The summed E-state index contributed by atoms with van der Waals surface area (Å²) in [5.74, 6) is -11.8. The molecule has 3 fully saturated rings. The minimum atomic E-state index is -3.07. The molecule has 0 amide bonds. The second kappa shape index (κ2) is 19.5. The molecule has 0 unspecified atom stereocenters. The number of benzene rings is 2. The van der Waals surface area contributed by atoms with Gasteiger partial charge in [0.25, 0.3) is 0 Å². The van der Waals surface area contributed by atoms with Gasteiger partial charge in [-0.2, -0.15) is 0 Å². The summed E-state index contributed by atoms with van der Waals surface area (Å²) in [5, 5.41) is 14.0. The summed E-state index contributed by atoms with van der Waals surface area (Å²) in [6.45, 7) is 6.38. The molecule has 4 aliphatic rings. The molecule has 1 spiro atoms. The fourth-order valence-electron chi connectivity index (χ4n) is 10.7. The number of cyclic esters (lactones) is 1. The Hall–Kier alpha value is -7.26. The van der Waals surface area contributed by atoms with E-state index in [4.69, 9.17) is 47.4 Å². The van der Waals surface area contributed by atoms with Crippen molar-refractivity contribution in [3.8, 4) is 0 Å². The van der Waals surface area contributed by atoms with Gasteiger partial charge in [0.2, 0.25) is 5.60 Å². The van der Waals surface area contributed by atoms with Crippen molar-refractivity contribution in [1.29, 1.82) is 0 Å². The van der Waals surface area contributed by atoms with E-state index in [-0.39, 0.29) is 28.8 Å². The van der Waals surface area contributed by atoms with Gasteiger partial charge >= 0.3 is 53.7 Å². The molecular formula is C50H53NO20. The van der Waals surface area contributed by atoms with Gasteiger partial charge in [-0.3, -0.25) is 29.0 Å². The first-order chi connectivity index (χ1) is 33.4. The third-order valence-electron chi connectivity index (χ3n) is 13.5. The number of hydrogen-bond acceptors (Lipinski definition) is 21. The van der Waals surface area contributed by atoms with Crippen molar-refractivity contribution in [1.82, 2.24) is 4.98 Å². The lowest BCUT2D eigenvalue weighted by Crippen LogP contribution is -2.89. The normalized spacial score (nSPS) is 32.9. The van der Waals surface area contributed by atoms with Gasteiger partial charge in [0.15, 0.2) is 30.0 Å². The number of aliphatic hydroxyl groups is 1. The molecule has 1 aromatic heterocycles. The van der Waals surface area contributed by atoms with E-state index >= 15 is 4.79 Å². The van der Waals surface area contributed by atoms with E-state index in [2.05, 4.69) is 4.98 Å². The van der Waals surface area contributed by atoms with Gasteiger partial charge in [-0.05, 0) is 63.6 Å². The van der Waals surface area contributed by atoms with E-state index in [0.717, 1.165) is 41.5 Å². The number of hydrogen-bond donors (Lipinski definition) is 1. The predicted molar refractivity (Wildman–Crippen MR) is 236 cm³/mol. The highest BCUT2D eigenvalue weighted by atomic mass is 16.7. The van der Waals surface area contributed by atoms with Crippen LogP contribution in [-0.4, -0.2) is 136 Å². The zero-order valence-electron chi connectivity index (χ0n) is 40.0. The summed E-state index contributed by atoms with van der Waals surface area (Å²) in [5.41, 5.74) is -13.7. The van der Waals surface area contributed by atoms with Crippen molar-refractivity contribution in [2.75, 3.05) is 13.2 Å².